The summed E-state index contributed by atoms with van der Waals surface area (Å²) in [5.74, 6) is -0.609. The lowest BCUT2D eigenvalue weighted by molar-refractivity contribution is -0.384. The molecule has 0 aliphatic carbocycles. The number of benzene rings is 2. The molecule has 3 rings (SSSR count). The molecule has 0 bridgehead atoms. The van der Waals surface area contributed by atoms with Gasteiger partial charge in [-0.2, -0.15) is 0 Å². The number of carbonyl (C=O) groups excluding carboxylic acids is 1. The van der Waals surface area contributed by atoms with Crippen molar-refractivity contribution >= 4 is 34.3 Å². The number of amides is 1. The lowest BCUT2D eigenvalue weighted by Gasteiger charge is -2.08. The molecule has 0 aliphatic rings. The topological polar surface area (TPSA) is 117 Å². The van der Waals surface area contributed by atoms with E-state index in [1.54, 1.807) is 24.3 Å². The van der Waals surface area contributed by atoms with Crippen molar-refractivity contribution in [1.82, 2.24) is 9.88 Å². The molecule has 0 saturated carbocycles. The summed E-state index contributed by atoms with van der Waals surface area (Å²) in [5.41, 5.74) is 0.153. The van der Waals surface area contributed by atoms with Gasteiger partial charge in [0.2, 0.25) is 5.91 Å². The Hall–Kier alpha value is -3.33. The van der Waals surface area contributed by atoms with E-state index < -0.39 is 16.6 Å². The summed E-state index contributed by atoms with van der Waals surface area (Å²) in [4.78, 5) is 34.3. The van der Waals surface area contributed by atoms with Gasteiger partial charge in [-0.05, 0) is 30.3 Å². The Bertz CT molecular complexity index is 1040. The predicted molar refractivity (Wildman–Crippen MR) is 97.1 cm³/mol. The van der Waals surface area contributed by atoms with E-state index in [9.17, 15) is 19.7 Å². The third kappa shape index (κ3) is 4.45. The molecule has 1 amide bonds. The molecule has 140 valence electrons. The molecule has 0 aliphatic heterocycles. The lowest BCUT2D eigenvalue weighted by Crippen LogP contribution is -2.33. The van der Waals surface area contributed by atoms with Crippen LogP contribution < -0.4 is 15.8 Å². The molecule has 27 heavy (non-hydrogen) atoms. The Labute approximate surface area is 157 Å². The average molecular weight is 392 g/mol. The molecule has 1 heterocycles. The molecule has 3 aromatic rings. The second-order valence-electron chi connectivity index (χ2n) is 5.52. The lowest BCUT2D eigenvalue weighted by atomic mass is 10.3. The normalized spacial score (nSPS) is 10.7. The van der Waals surface area contributed by atoms with Gasteiger partial charge >= 0.3 is 5.76 Å². The zero-order valence-electron chi connectivity index (χ0n) is 13.9. The predicted octanol–water partition coefficient (Wildman–Crippen LogP) is 2.35. The molecule has 1 aromatic heterocycles. The molecule has 0 radical (unpaired) electrons. The monoisotopic (exact) mass is 391 g/mol. The minimum Gasteiger partial charge on any atom is -0.492 e. The second kappa shape index (κ2) is 7.92. The summed E-state index contributed by atoms with van der Waals surface area (Å²) in [7, 11) is 0. The smallest absolute Gasteiger partial charge is 0.420 e. The van der Waals surface area contributed by atoms with Crippen molar-refractivity contribution in [1.29, 1.82) is 0 Å². The van der Waals surface area contributed by atoms with Gasteiger partial charge in [-0.15, -0.1) is 0 Å². The van der Waals surface area contributed by atoms with Gasteiger partial charge in [-0.25, -0.2) is 4.79 Å². The van der Waals surface area contributed by atoms with E-state index in [-0.39, 0.29) is 36.5 Å². The summed E-state index contributed by atoms with van der Waals surface area (Å²) in [6.07, 6.45) is 0. The van der Waals surface area contributed by atoms with Gasteiger partial charge in [0.15, 0.2) is 5.58 Å². The number of hydrogen-bond donors (Lipinski definition) is 1. The maximum Gasteiger partial charge on any atom is 0.420 e. The number of ether oxygens (including phenoxy) is 1. The number of nitro benzene ring substituents is 1. The first kappa shape index (κ1) is 18.5. The molecular weight excluding hydrogens is 378 g/mol. The fraction of sp³-hybridized carbons (Fsp3) is 0.176. The number of halogens is 1. The summed E-state index contributed by atoms with van der Waals surface area (Å²) in [6.45, 7) is 0.111. The molecule has 2 aromatic carbocycles. The van der Waals surface area contributed by atoms with Crippen molar-refractivity contribution in [3.8, 4) is 5.75 Å². The number of rotatable bonds is 7. The number of nitro groups is 1. The Kier molecular flexibility index (Phi) is 5.41. The maximum absolute atomic E-state index is 12.1. The van der Waals surface area contributed by atoms with E-state index in [2.05, 4.69) is 5.32 Å². The Morgan fingerprint density at radius 2 is 2.00 bits per heavy atom. The fourth-order valence-electron chi connectivity index (χ4n) is 2.40. The molecule has 0 fully saturated rings. The van der Waals surface area contributed by atoms with Crippen LogP contribution in [0.2, 0.25) is 5.02 Å². The summed E-state index contributed by atoms with van der Waals surface area (Å²) >= 11 is 5.78. The average Bonchev–Trinajstić information content (AvgIpc) is 2.95. The number of fused-ring (bicyclic) bond motifs is 1. The van der Waals surface area contributed by atoms with Crippen LogP contribution in [0, 0.1) is 10.1 Å². The quantitative estimate of drug-likeness (QED) is 0.375. The van der Waals surface area contributed by atoms with Gasteiger partial charge in [0.05, 0.1) is 17.0 Å². The van der Waals surface area contributed by atoms with E-state index in [1.807, 2.05) is 0 Å². The number of non-ortho nitro benzene ring substituents is 1. The zero-order valence-corrected chi connectivity index (χ0v) is 14.6. The van der Waals surface area contributed by atoms with E-state index in [4.69, 9.17) is 20.8 Å². The van der Waals surface area contributed by atoms with Gasteiger partial charge in [-0.3, -0.25) is 19.5 Å². The van der Waals surface area contributed by atoms with E-state index >= 15 is 0 Å². The van der Waals surface area contributed by atoms with Gasteiger partial charge in [0, 0.05) is 17.2 Å². The first-order chi connectivity index (χ1) is 12.9. The number of nitrogens with one attached hydrogen (secondary N) is 1. The van der Waals surface area contributed by atoms with E-state index in [0.717, 1.165) is 4.57 Å². The van der Waals surface area contributed by atoms with Crippen LogP contribution in [0.4, 0.5) is 5.69 Å². The summed E-state index contributed by atoms with van der Waals surface area (Å²) in [6, 6.07) is 10.5. The highest BCUT2D eigenvalue weighted by Crippen LogP contribution is 2.20. The number of nitrogens with zero attached hydrogens (tertiary/aromatic N) is 2. The second-order valence-corrected chi connectivity index (χ2v) is 5.95. The summed E-state index contributed by atoms with van der Waals surface area (Å²) < 4.78 is 11.5. The fourth-order valence-corrected chi connectivity index (χ4v) is 2.53. The molecule has 0 saturated heterocycles. The van der Waals surface area contributed by atoms with Crippen LogP contribution in [-0.2, 0) is 11.3 Å². The molecule has 0 unspecified atom stereocenters. The molecule has 1 N–H and O–H groups in total. The molecule has 0 atom stereocenters. The van der Waals surface area contributed by atoms with Crippen molar-refractivity contribution in [3.05, 3.63) is 68.2 Å². The SMILES string of the molecule is O=C(Cn1c(=O)oc2ccc([N+](=O)[O-])cc21)NCCOc1ccc(Cl)cc1. The van der Waals surface area contributed by atoms with Crippen LogP contribution in [0.1, 0.15) is 0 Å². The molecular formula is C17H14ClN3O6. The number of carbonyl (C=O) groups is 1. The largest absolute Gasteiger partial charge is 0.492 e. The van der Waals surface area contributed by atoms with Crippen LogP contribution in [0.5, 0.6) is 5.75 Å². The summed E-state index contributed by atoms with van der Waals surface area (Å²) in [5, 5.41) is 14.1. The van der Waals surface area contributed by atoms with Crippen molar-refractivity contribution in [3.63, 3.8) is 0 Å². The number of oxazole rings is 1. The van der Waals surface area contributed by atoms with Crippen LogP contribution in [0.15, 0.2) is 51.7 Å². The first-order valence-electron chi connectivity index (χ1n) is 7.87. The van der Waals surface area contributed by atoms with Gasteiger partial charge < -0.3 is 14.5 Å². The third-order valence-electron chi connectivity index (χ3n) is 3.67. The Morgan fingerprint density at radius 1 is 1.26 bits per heavy atom. The minimum atomic E-state index is -0.766. The first-order valence-corrected chi connectivity index (χ1v) is 8.24. The maximum atomic E-state index is 12.1. The van der Waals surface area contributed by atoms with Crippen molar-refractivity contribution in [2.24, 2.45) is 0 Å². The van der Waals surface area contributed by atoms with Crippen molar-refractivity contribution in [2.75, 3.05) is 13.2 Å². The van der Waals surface area contributed by atoms with Crippen LogP contribution in [-0.4, -0.2) is 28.5 Å². The highest BCUT2D eigenvalue weighted by atomic mass is 35.5. The zero-order chi connectivity index (χ0) is 19.4. The van der Waals surface area contributed by atoms with Gasteiger partial charge in [0.1, 0.15) is 18.9 Å². The van der Waals surface area contributed by atoms with Gasteiger partial charge in [0.25, 0.3) is 5.69 Å². The molecule has 10 heteroatoms. The van der Waals surface area contributed by atoms with Crippen LogP contribution in [0.3, 0.4) is 0 Å². The van der Waals surface area contributed by atoms with Crippen molar-refractivity contribution < 1.29 is 18.9 Å². The highest BCUT2D eigenvalue weighted by Gasteiger charge is 2.16. The van der Waals surface area contributed by atoms with Crippen LogP contribution >= 0.6 is 11.6 Å². The number of hydrogen-bond acceptors (Lipinski definition) is 6. The van der Waals surface area contributed by atoms with Crippen LogP contribution in [0.25, 0.3) is 11.1 Å². The van der Waals surface area contributed by atoms with Gasteiger partial charge in [-0.1, -0.05) is 11.6 Å². The minimum absolute atomic E-state index is 0.171. The Morgan fingerprint density at radius 3 is 2.70 bits per heavy atom. The Balaban J connectivity index is 1.59. The highest BCUT2D eigenvalue weighted by molar-refractivity contribution is 6.30. The standard InChI is InChI=1S/C17H14ClN3O6/c18-11-1-4-13(5-2-11)26-8-7-19-16(22)10-20-14-9-12(21(24)25)3-6-15(14)27-17(20)23/h1-6,9H,7-8,10H2,(H,19,22). The van der Waals surface area contributed by atoms with E-state index in [0.29, 0.717) is 10.8 Å². The molecule has 0 spiro atoms. The number of aromatic nitrogens is 1. The third-order valence-corrected chi connectivity index (χ3v) is 3.92. The van der Waals surface area contributed by atoms with E-state index in [1.165, 1.54) is 18.2 Å². The van der Waals surface area contributed by atoms with Crippen molar-refractivity contribution in [2.45, 2.75) is 6.54 Å². The molecule has 9 nitrogen and oxygen atoms in total.